The molecular formula is C26H31N5O. The second-order valence-electron chi connectivity index (χ2n) is 7.71. The minimum atomic E-state index is -0.535. The summed E-state index contributed by atoms with van der Waals surface area (Å²) in [5, 5.41) is 17.3. The van der Waals surface area contributed by atoms with Crippen LogP contribution in [0, 0.1) is 0 Å². The standard InChI is InChI=1S/C26H31N5O/c1-27-24-16-26(28-2,29-3)31-23-14-13-21(18-9-8-12-20(15-18)32-4)22(25(23)24)17-30-19-10-6-5-7-11-19/h5-16,27-31H,17H2,1-4H3. The van der Waals surface area contributed by atoms with Crippen LogP contribution < -0.4 is 31.3 Å². The molecule has 0 saturated carbocycles. The number of hydrogen-bond donors (Lipinski definition) is 5. The lowest BCUT2D eigenvalue weighted by Gasteiger charge is -2.38. The average molecular weight is 430 g/mol. The van der Waals surface area contributed by atoms with Gasteiger partial charge in [-0.25, -0.2) is 0 Å². The lowest BCUT2D eigenvalue weighted by Crippen LogP contribution is -2.60. The molecule has 5 N–H and O–H groups in total. The fourth-order valence-electron chi connectivity index (χ4n) is 4.18. The van der Waals surface area contributed by atoms with Crippen molar-refractivity contribution in [1.29, 1.82) is 0 Å². The first-order chi connectivity index (χ1) is 15.6. The highest BCUT2D eigenvalue weighted by Gasteiger charge is 2.32. The molecule has 1 aliphatic rings. The van der Waals surface area contributed by atoms with Crippen molar-refractivity contribution in [3.63, 3.8) is 0 Å². The third kappa shape index (κ3) is 4.15. The molecule has 0 aromatic heterocycles. The Morgan fingerprint density at radius 3 is 2.38 bits per heavy atom. The van der Waals surface area contributed by atoms with Crippen LogP contribution in [0.2, 0.25) is 0 Å². The maximum Gasteiger partial charge on any atom is 0.165 e. The van der Waals surface area contributed by atoms with E-state index in [1.54, 1.807) is 7.11 Å². The fourth-order valence-corrected chi connectivity index (χ4v) is 4.18. The van der Waals surface area contributed by atoms with Gasteiger partial charge in [-0.1, -0.05) is 36.4 Å². The van der Waals surface area contributed by atoms with Gasteiger partial charge in [-0.15, -0.1) is 0 Å². The highest BCUT2D eigenvalue weighted by Crippen LogP contribution is 2.39. The van der Waals surface area contributed by atoms with Crippen molar-refractivity contribution < 1.29 is 4.74 Å². The number of anilines is 2. The highest BCUT2D eigenvalue weighted by atomic mass is 16.5. The summed E-state index contributed by atoms with van der Waals surface area (Å²) in [5.41, 5.74) is 7.82. The van der Waals surface area contributed by atoms with Gasteiger partial charge in [0.15, 0.2) is 5.79 Å². The van der Waals surface area contributed by atoms with E-state index in [1.807, 2.05) is 51.5 Å². The van der Waals surface area contributed by atoms with Crippen LogP contribution in [0.5, 0.6) is 5.75 Å². The van der Waals surface area contributed by atoms with Gasteiger partial charge in [-0.2, -0.15) is 0 Å². The van der Waals surface area contributed by atoms with E-state index < -0.39 is 5.79 Å². The molecule has 3 aromatic carbocycles. The Bertz CT molecular complexity index is 1110. The van der Waals surface area contributed by atoms with Gasteiger partial charge in [0.25, 0.3) is 0 Å². The number of benzene rings is 3. The van der Waals surface area contributed by atoms with Crippen LogP contribution in [0.15, 0.2) is 72.8 Å². The minimum Gasteiger partial charge on any atom is -0.497 e. The van der Waals surface area contributed by atoms with Crippen LogP contribution in [0.1, 0.15) is 11.1 Å². The van der Waals surface area contributed by atoms with E-state index in [1.165, 1.54) is 5.56 Å². The topological polar surface area (TPSA) is 69.4 Å². The van der Waals surface area contributed by atoms with Crippen LogP contribution in [0.4, 0.5) is 11.4 Å². The predicted octanol–water partition coefficient (Wildman–Crippen LogP) is 4.05. The lowest BCUT2D eigenvalue weighted by molar-refractivity contribution is 0.415. The largest absolute Gasteiger partial charge is 0.497 e. The molecule has 166 valence electrons. The Kier molecular flexibility index (Phi) is 6.35. The van der Waals surface area contributed by atoms with E-state index >= 15 is 0 Å². The molecule has 4 rings (SSSR count). The van der Waals surface area contributed by atoms with Crippen LogP contribution in [-0.4, -0.2) is 34.0 Å². The van der Waals surface area contributed by atoms with Crippen molar-refractivity contribution in [2.24, 2.45) is 0 Å². The molecule has 6 nitrogen and oxygen atoms in total. The second-order valence-corrected chi connectivity index (χ2v) is 7.71. The fraction of sp³-hybridized carbons (Fsp3) is 0.231. The van der Waals surface area contributed by atoms with E-state index in [0.717, 1.165) is 39.5 Å². The predicted molar refractivity (Wildman–Crippen MR) is 134 cm³/mol. The van der Waals surface area contributed by atoms with Crippen LogP contribution >= 0.6 is 0 Å². The number of methoxy groups -OCH3 is 1. The lowest BCUT2D eigenvalue weighted by atomic mass is 9.89. The number of ether oxygens (including phenoxy) is 1. The number of nitrogens with one attached hydrogen (secondary N) is 5. The summed E-state index contributed by atoms with van der Waals surface area (Å²) in [6.45, 7) is 0.673. The maximum absolute atomic E-state index is 5.49. The van der Waals surface area contributed by atoms with Gasteiger partial charge >= 0.3 is 0 Å². The van der Waals surface area contributed by atoms with Crippen molar-refractivity contribution in [1.82, 2.24) is 16.0 Å². The van der Waals surface area contributed by atoms with E-state index in [2.05, 4.69) is 69.1 Å². The summed E-state index contributed by atoms with van der Waals surface area (Å²) in [4.78, 5) is 0. The molecule has 0 bridgehead atoms. The first-order valence-corrected chi connectivity index (χ1v) is 10.8. The highest BCUT2D eigenvalue weighted by molar-refractivity contribution is 5.87. The molecule has 0 amide bonds. The molecule has 1 aliphatic heterocycles. The summed E-state index contributed by atoms with van der Waals surface area (Å²) in [6, 6.07) is 22.8. The van der Waals surface area contributed by atoms with Crippen molar-refractivity contribution in [2.45, 2.75) is 12.3 Å². The zero-order chi connectivity index (χ0) is 22.6. The SMILES string of the molecule is CNC1=CC(NC)(NC)Nc2ccc(-c3cccc(OC)c3)c(CNc3ccccc3)c21. The number of rotatable bonds is 8. The zero-order valence-corrected chi connectivity index (χ0v) is 19.0. The minimum absolute atomic E-state index is 0.535. The van der Waals surface area contributed by atoms with E-state index in [9.17, 15) is 0 Å². The molecule has 0 unspecified atom stereocenters. The Labute approximate surface area is 190 Å². The molecule has 0 radical (unpaired) electrons. The summed E-state index contributed by atoms with van der Waals surface area (Å²) in [7, 11) is 7.52. The third-order valence-electron chi connectivity index (χ3n) is 5.96. The molecule has 32 heavy (non-hydrogen) atoms. The summed E-state index contributed by atoms with van der Waals surface area (Å²) < 4.78 is 5.49. The summed E-state index contributed by atoms with van der Waals surface area (Å²) in [5.74, 6) is 0.307. The van der Waals surface area contributed by atoms with Crippen molar-refractivity contribution in [3.8, 4) is 16.9 Å². The maximum atomic E-state index is 5.49. The van der Waals surface area contributed by atoms with Gasteiger partial charge < -0.3 is 20.7 Å². The first kappa shape index (κ1) is 21.7. The number of likely N-dealkylation sites (N-methyl/N-ethyl adjacent to an activating group) is 2. The first-order valence-electron chi connectivity index (χ1n) is 10.8. The monoisotopic (exact) mass is 429 g/mol. The van der Waals surface area contributed by atoms with E-state index in [4.69, 9.17) is 4.74 Å². The molecule has 0 fully saturated rings. The average Bonchev–Trinajstić information content (AvgIpc) is 2.87. The quantitative estimate of drug-likeness (QED) is 0.348. The molecule has 0 saturated heterocycles. The van der Waals surface area contributed by atoms with Gasteiger partial charge in [0.1, 0.15) is 5.75 Å². The van der Waals surface area contributed by atoms with Gasteiger partial charge in [0, 0.05) is 36.2 Å². The number of hydrogen-bond acceptors (Lipinski definition) is 6. The number of para-hydroxylation sites is 1. The van der Waals surface area contributed by atoms with Crippen molar-refractivity contribution in [3.05, 3.63) is 83.9 Å². The molecule has 3 aromatic rings. The second kappa shape index (κ2) is 9.34. The van der Waals surface area contributed by atoms with Gasteiger partial charge in [0.05, 0.1) is 7.11 Å². The molecule has 0 aliphatic carbocycles. The van der Waals surface area contributed by atoms with E-state index in [-0.39, 0.29) is 0 Å². The van der Waals surface area contributed by atoms with Gasteiger partial charge in [0.2, 0.25) is 0 Å². The van der Waals surface area contributed by atoms with Crippen LogP contribution in [0.3, 0.4) is 0 Å². The van der Waals surface area contributed by atoms with Crippen molar-refractivity contribution >= 4 is 17.1 Å². The molecule has 0 atom stereocenters. The Balaban J connectivity index is 1.87. The Morgan fingerprint density at radius 1 is 0.906 bits per heavy atom. The smallest absolute Gasteiger partial charge is 0.165 e. The van der Waals surface area contributed by atoms with Crippen LogP contribution in [0.25, 0.3) is 16.8 Å². The molecule has 1 heterocycles. The molecule has 0 spiro atoms. The van der Waals surface area contributed by atoms with Crippen molar-refractivity contribution in [2.75, 3.05) is 38.9 Å². The Hall–Kier alpha value is -3.48. The third-order valence-corrected chi connectivity index (χ3v) is 5.96. The normalized spacial score (nSPS) is 14.1. The van der Waals surface area contributed by atoms with Gasteiger partial charge in [-0.3, -0.25) is 10.6 Å². The summed E-state index contributed by atoms with van der Waals surface area (Å²) in [6.07, 6.45) is 2.15. The molecular weight excluding hydrogens is 398 g/mol. The van der Waals surface area contributed by atoms with Crippen LogP contribution in [-0.2, 0) is 6.54 Å². The Morgan fingerprint density at radius 2 is 1.69 bits per heavy atom. The summed E-state index contributed by atoms with van der Waals surface area (Å²) >= 11 is 0. The van der Waals surface area contributed by atoms with E-state index in [0.29, 0.717) is 6.54 Å². The molecule has 6 heteroatoms. The zero-order valence-electron chi connectivity index (χ0n) is 19.0. The van der Waals surface area contributed by atoms with Gasteiger partial charge in [-0.05, 0) is 67.2 Å². The number of fused-ring (bicyclic) bond motifs is 1.